The van der Waals surface area contributed by atoms with Gasteiger partial charge in [-0.15, -0.1) is 0 Å². The fourth-order valence-corrected chi connectivity index (χ4v) is 2.96. The molecule has 1 heterocycles. The molecule has 0 fully saturated rings. The first kappa shape index (κ1) is 15.6. The zero-order valence-corrected chi connectivity index (χ0v) is 13.7. The molecule has 114 valence electrons. The first-order valence-corrected chi connectivity index (χ1v) is 8.57. The quantitative estimate of drug-likeness (QED) is 0.923. The molecule has 0 unspecified atom stereocenters. The van der Waals surface area contributed by atoms with E-state index in [0.29, 0.717) is 17.9 Å². The average molecular weight is 307 g/mol. The van der Waals surface area contributed by atoms with Crippen LogP contribution in [0.3, 0.4) is 0 Å². The summed E-state index contributed by atoms with van der Waals surface area (Å²) in [5, 5.41) is 4.44. The summed E-state index contributed by atoms with van der Waals surface area (Å²) in [6, 6.07) is 8.20. The molecule has 0 bridgehead atoms. The highest BCUT2D eigenvalue weighted by Crippen LogP contribution is 2.21. The van der Waals surface area contributed by atoms with Gasteiger partial charge in [-0.1, -0.05) is 29.8 Å². The van der Waals surface area contributed by atoms with Gasteiger partial charge in [0.1, 0.15) is 0 Å². The summed E-state index contributed by atoms with van der Waals surface area (Å²) in [4.78, 5) is 0. The first-order valence-electron chi connectivity index (χ1n) is 6.92. The van der Waals surface area contributed by atoms with E-state index in [9.17, 15) is 8.42 Å². The molecule has 0 aliphatic heterocycles. The molecule has 2 rings (SSSR count). The Bertz CT molecular complexity index is 748. The number of benzene rings is 1. The third-order valence-electron chi connectivity index (χ3n) is 3.43. The van der Waals surface area contributed by atoms with Gasteiger partial charge in [0, 0.05) is 0 Å². The van der Waals surface area contributed by atoms with Gasteiger partial charge in [-0.25, -0.2) is 8.42 Å². The van der Waals surface area contributed by atoms with Gasteiger partial charge in [0.25, 0.3) is 0 Å². The van der Waals surface area contributed by atoms with Crippen LogP contribution in [0.25, 0.3) is 0 Å². The smallest absolute Gasteiger partial charge is 0.232 e. The van der Waals surface area contributed by atoms with Crippen LogP contribution >= 0.6 is 0 Å². The molecule has 6 heteroatoms. The minimum absolute atomic E-state index is 0.0505. The topological polar surface area (TPSA) is 64.0 Å². The van der Waals surface area contributed by atoms with Crippen molar-refractivity contribution in [2.75, 3.05) is 10.5 Å². The second-order valence-electron chi connectivity index (χ2n) is 5.20. The van der Waals surface area contributed by atoms with Crippen molar-refractivity contribution in [1.29, 1.82) is 0 Å². The molecule has 0 saturated heterocycles. The van der Waals surface area contributed by atoms with E-state index in [0.717, 1.165) is 11.3 Å². The van der Waals surface area contributed by atoms with Crippen LogP contribution in [-0.4, -0.2) is 24.0 Å². The number of nitrogens with zero attached hydrogens (tertiary/aromatic N) is 2. The van der Waals surface area contributed by atoms with Crippen LogP contribution in [0, 0.1) is 20.8 Å². The predicted molar refractivity (Wildman–Crippen MR) is 85.1 cm³/mol. The fourth-order valence-electron chi connectivity index (χ4n) is 2.21. The largest absolute Gasteiger partial charge is 0.280 e. The highest BCUT2D eigenvalue weighted by Gasteiger charge is 2.16. The van der Waals surface area contributed by atoms with Gasteiger partial charge in [-0.05, 0) is 33.3 Å². The third-order valence-corrected chi connectivity index (χ3v) is 4.71. The molecule has 0 aliphatic carbocycles. The minimum atomic E-state index is -3.29. The van der Waals surface area contributed by atoms with Gasteiger partial charge in [0.2, 0.25) is 10.0 Å². The van der Waals surface area contributed by atoms with E-state index in [2.05, 4.69) is 15.9 Å². The van der Waals surface area contributed by atoms with Crippen molar-refractivity contribution in [3.05, 3.63) is 46.8 Å². The van der Waals surface area contributed by atoms with Gasteiger partial charge < -0.3 is 0 Å². The lowest BCUT2D eigenvalue weighted by Gasteiger charge is -2.08. The lowest BCUT2D eigenvalue weighted by molar-refractivity contribution is 0.602. The lowest BCUT2D eigenvalue weighted by atomic mass is 10.1. The number of nitrogens with one attached hydrogen (secondary N) is 1. The maximum Gasteiger partial charge on any atom is 0.232 e. The van der Waals surface area contributed by atoms with Gasteiger partial charge in [0.15, 0.2) is 0 Å². The molecular weight excluding hydrogens is 286 g/mol. The van der Waals surface area contributed by atoms with Crippen LogP contribution in [0.15, 0.2) is 24.3 Å². The molecule has 0 radical (unpaired) electrons. The number of hydrogen-bond donors (Lipinski definition) is 1. The van der Waals surface area contributed by atoms with E-state index >= 15 is 0 Å². The van der Waals surface area contributed by atoms with Crippen molar-refractivity contribution >= 4 is 15.7 Å². The van der Waals surface area contributed by atoms with Gasteiger partial charge in [-0.2, -0.15) is 5.10 Å². The average Bonchev–Trinajstić information content (AvgIpc) is 2.66. The van der Waals surface area contributed by atoms with E-state index in [1.165, 1.54) is 5.56 Å². The molecule has 1 N–H and O–H groups in total. The SMILES string of the molecule is CCS(=O)(=O)Nc1c(C)nn(Cc2cccc(C)c2)c1C. The second-order valence-corrected chi connectivity index (χ2v) is 7.21. The lowest BCUT2D eigenvalue weighted by Crippen LogP contribution is -2.15. The maximum atomic E-state index is 11.7. The van der Waals surface area contributed by atoms with Gasteiger partial charge >= 0.3 is 0 Å². The highest BCUT2D eigenvalue weighted by molar-refractivity contribution is 7.92. The van der Waals surface area contributed by atoms with Crippen molar-refractivity contribution in [3.63, 3.8) is 0 Å². The summed E-state index contributed by atoms with van der Waals surface area (Å²) >= 11 is 0. The monoisotopic (exact) mass is 307 g/mol. The van der Waals surface area contributed by atoms with Crippen LogP contribution in [0.2, 0.25) is 0 Å². The number of anilines is 1. The summed E-state index contributed by atoms with van der Waals surface area (Å²) in [5.74, 6) is 0.0505. The van der Waals surface area contributed by atoms with Crippen molar-refractivity contribution in [2.45, 2.75) is 34.2 Å². The van der Waals surface area contributed by atoms with Crippen LogP contribution < -0.4 is 4.72 Å². The molecule has 0 aliphatic rings. The molecule has 0 atom stereocenters. The summed E-state index contributed by atoms with van der Waals surface area (Å²) in [5.41, 5.74) is 4.44. The Morgan fingerprint density at radius 1 is 1.24 bits per heavy atom. The number of hydrogen-bond acceptors (Lipinski definition) is 3. The first-order chi connectivity index (χ1) is 9.82. The molecule has 1 aromatic carbocycles. The number of aryl methyl sites for hydroxylation is 2. The maximum absolute atomic E-state index is 11.7. The van der Waals surface area contributed by atoms with E-state index in [4.69, 9.17) is 0 Å². The Balaban J connectivity index is 2.31. The predicted octanol–water partition coefficient (Wildman–Crippen LogP) is 2.62. The molecule has 1 aromatic heterocycles. The van der Waals surface area contributed by atoms with Crippen molar-refractivity contribution in [2.24, 2.45) is 0 Å². The van der Waals surface area contributed by atoms with Gasteiger partial charge in [-0.3, -0.25) is 9.40 Å². The molecule has 0 amide bonds. The highest BCUT2D eigenvalue weighted by atomic mass is 32.2. The van der Waals surface area contributed by atoms with Crippen LogP contribution in [0.1, 0.15) is 29.4 Å². The number of rotatable bonds is 5. The molecule has 0 saturated carbocycles. The van der Waals surface area contributed by atoms with E-state index in [1.807, 2.05) is 43.7 Å². The Hall–Kier alpha value is -1.82. The second kappa shape index (κ2) is 5.89. The fraction of sp³-hybridized carbons (Fsp3) is 0.400. The summed E-state index contributed by atoms with van der Waals surface area (Å²) in [6.45, 7) is 7.98. The molecule has 5 nitrogen and oxygen atoms in total. The van der Waals surface area contributed by atoms with Crippen LogP contribution in [0.4, 0.5) is 5.69 Å². The Morgan fingerprint density at radius 2 is 1.95 bits per heavy atom. The third kappa shape index (κ3) is 3.64. The summed E-state index contributed by atoms with van der Waals surface area (Å²) in [6.07, 6.45) is 0. The summed E-state index contributed by atoms with van der Waals surface area (Å²) < 4.78 is 27.9. The van der Waals surface area contributed by atoms with Crippen LogP contribution in [0.5, 0.6) is 0 Å². The standard InChI is InChI=1S/C15H21N3O2S/c1-5-21(19,20)17-15-12(3)16-18(13(15)4)10-14-8-6-7-11(2)9-14/h6-9,17H,5,10H2,1-4H3. The van der Waals surface area contributed by atoms with E-state index in [1.54, 1.807) is 6.92 Å². The Morgan fingerprint density at radius 3 is 2.57 bits per heavy atom. The number of sulfonamides is 1. The molecule has 0 spiro atoms. The van der Waals surface area contributed by atoms with Crippen LogP contribution in [-0.2, 0) is 16.6 Å². The zero-order chi connectivity index (χ0) is 15.6. The zero-order valence-electron chi connectivity index (χ0n) is 12.8. The normalized spacial score (nSPS) is 11.6. The Kier molecular flexibility index (Phi) is 4.37. The molecule has 2 aromatic rings. The Labute approximate surface area is 126 Å². The minimum Gasteiger partial charge on any atom is -0.280 e. The van der Waals surface area contributed by atoms with Crippen molar-refractivity contribution in [3.8, 4) is 0 Å². The van der Waals surface area contributed by atoms with Gasteiger partial charge in [0.05, 0.1) is 29.4 Å². The van der Waals surface area contributed by atoms with Crippen molar-refractivity contribution in [1.82, 2.24) is 9.78 Å². The summed E-state index contributed by atoms with van der Waals surface area (Å²) in [7, 11) is -3.29. The number of aromatic nitrogens is 2. The molecule has 21 heavy (non-hydrogen) atoms. The molecular formula is C15H21N3O2S. The van der Waals surface area contributed by atoms with Crippen molar-refractivity contribution < 1.29 is 8.42 Å². The van der Waals surface area contributed by atoms with E-state index < -0.39 is 10.0 Å². The van der Waals surface area contributed by atoms with E-state index in [-0.39, 0.29) is 5.75 Å².